The van der Waals surface area contributed by atoms with Crippen molar-refractivity contribution >= 4 is 17.3 Å². The van der Waals surface area contributed by atoms with Crippen molar-refractivity contribution in [2.75, 3.05) is 11.9 Å². The van der Waals surface area contributed by atoms with E-state index in [4.69, 9.17) is 11.6 Å². The van der Waals surface area contributed by atoms with Crippen LogP contribution in [0.5, 0.6) is 0 Å². The maximum atomic E-state index is 10.2. The van der Waals surface area contributed by atoms with Crippen LogP contribution in [0, 0.1) is 0 Å². The van der Waals surface area contributed by atoms with Gasteiger partial charge in [0.25, 0.3) is 0 Å². The van der Waals surface area contributed by atoms with Crippen LogP contribution >= 0.6 is 11.6 Å². The molecule has 0 aliphatic heterocycles. The summed E-state index contributed by atoms with van der Waals surface area (Å²) in [6.45, 7) is 7.00. The van der Waals surface area contributed by atoms with Crippen LogP contribution in [0.3, 0.4) is 0 Å². The summed E-state index contributed by atoms with van der Waals surface area (Å²) in [6, 6.07) is 15.7. The number of anilines is 1. The average Bonchev–Trinajstić information content (AvgIpc) is 2.45. The molecule has 0 bridgehead atoms. The Morgan fingerprint density at radius 2 is 1.67 bits per heavy atom. The Hall–Kier alpha value is -1.51. The maximum Gasteiger partial charge on any atom is 0.0976 e. The van der Waals surface area contributed by atoms with Gasteiger partial charge in [-0.1, -0.05) is 62.7 Å². The molecule has 3 heteroatoms. The summed E-state index contributed by atoms with van der Waals surface area (Å²) in [5.41, 5.74) is 3.18. The van der Waals surface area contributed by atoms with Crippen LogP contribution in [0.15, 0.2) is 48.5 Å². The van der Waals surface area contributed by atoms with Crippen molar-refractivity contribution in [1.82, 2.24) is 0 Å². The van der Waals surface area contributed by atoms with E-state index in [-0.39, 0.29) is 5.41 Å². The van der Waals surface area contributed by atoms with E-state index in [9.17, 15) is 5.11 Å². The Bertz CT molecular complexity index is 587. The smallest absolute Gasteiger partial charge is 0.0976 e. The summed E-state index contributed by atoms with van der Waals surface area (Å²) >= 11 is 6.08. The van der Waals surface area contributed by atoms with E-state index in [1.807, 2.05) is 30.3 Å². The highest BCUT2D eigenvalue weighted by Gasteiger charge is 2.13. The highest BCUT2D eigenvalue weighted by molar-refractivity contribution is 6.31. The number of rotatable bonds is 4. The van der Waals surface area contributed by atoms with Gasteiger partial charge in [0.15, 0.2) is 0 Å². The molecule has 0 saturated heterocycles. The molecule has 0 radical (unpaired) electrons. The van der Waals surface area contributed by atoms with Gasteiger partial charge in [0.05, 0.1) is 6.10 Å². The van der Waals surface area contributed by atoms with Gasteiger partial charge < -0.3 is 10.4 Å². The topological polar surface area (TPSA) is 32.3 Å². The highest BCUT2D eigenvalue weighted by atomic mass is 35.5. The molecule has 0 amide bonds. The third-order valence-corrected chi connectivity index (χ3v) is 3.86. The van der Waals surface area contributed by atoms with E-state index in [1.54, 1.807) is 6.07 Å². The van der Waals surface area contributed by atoms with Crippen molar-refractivity contribution in [1.29, 1.82) is 0 Å². The Kier molecular flexibility index (Phi) is 4.92. The Morgan fingerprint density at radius 3 is 2.24 bits per heavy atom. The number of nitrogens with one attached hydrogen (secondary N) is 1. The molecule has 0 aromatic heterocycles. The zero-order valence-electron chi connectivity index (χ0n) is 12.7. The van der Waals surface area contributed by atoms with E-state index < -0.39 is 6.10 Å². The summed E-state index contributed by atoms with van der Waals surface area (Å²) in [5.74, 6) is 0. The summed E-state index contributed by atoms with van der Waals surface area (Å²) < 4.78 is 0. The van der Waals surface area contributed by atoms with Crippen molar-refractivity contribution < 1.29 is 5.11 Å². The van der Waals surface area contributed by atoms with Gasteiger partial charge in [-0.05, 0) is 29.2 Å². The molecule has 0 heterocycles. The Labute approximate surface area is 131 Å². The predicted octanol–water partition coefficient (Wildman–Crippen LogP) is 4.78. The maximum absolute atomic E-state index is 10.2. The normalized spacial score (nSPS) is 13.0. The second-order valence-electron chi connectivity index (χ2n) is 6.25. The first kappa shape index (κ1) is 15.9. The second-order valence-corrected chi connectivity index (χ2v) is 6.65. The van der Waals surface area contributed by atoms with Crippen LogP contribution in [-0.2, 0) is 5.41 Å². The van der Waals surface area contributed by atoms with Crippen LogP contribution in [0.1, 0.15) is 38.0 Å². The minimum Gasteiger partial charge on any atom is -0.387 e. The van der Waals surface area contributed by atoms with Crippen molar-refractivity contribution in [3.8, 4) is 0 Å². The van der Waals surface area contributed by atoms with Gasteiger partial charge in [-0.25, -0.2) is 0 Å². The molecule has 2 nitrogen and oxygen atoms in total. The highest BCUT2D eigenvalue weighted by Crippen LogP contribution is 2.25. The lowest BCUT2D eigenvalue weighted by atomic mass is 9.87. The van der Waals surface area contributed by atoms with Crippen LogP contribution in [-0.4, -0.2) is 11.7 Å². The molecule has 0 fully saturated rings. The molecule has 1 unspecified atom stereocenters. The molecule has 2 rings (SSSR count). The van der Waals surface area contributed by atoms with Crippen LogP contribution in [0.25, 0.3) is 0 Å². The molecule has 2 N–H and O–H groups in total. The first-order valence-electron chi connectivity index (χ1n) is 7.15. The summed E-state index contributed by atoms with van der Waals surface area (Å²) in [4.78, 5) is 0. The minimum atomic E-state index is -0.624. The zero-order valence-corrected chi connectivity index (χ0v) is 13.5. The third-order valence-electron chi connectivity index (χ3n) is 3.51. The van der Waals surface area contributed by atoms with Gasteiger partial charge in [-0.2, -0.15) is 0 Å². The average molecular weight is 304 g/mol. The van der Waals surface area contributed by atoms with Gasteiger partial charge in [0.1, 0.15) is 0 Å². The molecule has 0 aliphatic rings. The molecular formula is C18H22ClNO. The largest absolute Gasteiger partial charge is 0.387 e. The third kappa shape index (κ3) is 4.23. The molecule has 0 spiro atoms. The van der Waals surface area contributed by atoms with Crippen molar-refractivity contribution in [3.63, 3.8) is 0 Å². The van der Waals surface area contributed by atoms with E-state index >= 15 is 0 Å². The minimum absolute atomic E-state index is 0.148. The Balaban J connectivity index is 1.99. The first-order valence-corrected chi connectivity index (χ1v) is 7.52. The fraction of sp³-hybridized carbons (Fsp3) is 0.333. The molecule has 1 atom stereocenters. The second kappa shape index (κ2) is 6.50. The number of hydrogen-bond acceptors (Lipinski definition) is 2. The number of aliphatic hydroxyl groups is 1. The van der Waals surface area contributed by atoms with Crippen LogP contribution < -0.4 is 5.32 Å². The van der Waals surface area contributed by atoms with Gasteiger partial charge in [0, 0.05) is 22.8 Å². The first-order chi connectivity index (χ1) is 9.88. The molecule has 2 aromatic rings. The van der Waals surface area contributed by atoms with E-state index in [0.717, 1.165) is 11.3 Å². The molecule has 2 aromatic carbocycles. The summed E-state index contributed by atoms with van der Waals surface area (Å²) in [6.07, 6.45) is -0.624. The molecule has 0 aliphatic carbocycles. The SMILES string of the molecule is CC(C)(C)c1ccc(NCC(O)c2ccccc2Cl)cc1. The molecular weight excluding hydrogens is 282 g/mol. The predicted molar refractivity (Wildman–Crippen MR) is 90.0 cm³/mol. The molecule has 0 saturated carbocycles. The summed E-state index contributed by atoms with van der Waals surface area (Å²) in [5, 5.41) is 14.0. The van der Waals surface area contributed by atoms with Crippen molar-refractivity contribution in [2.24, 2.45) is 0 Å². The van der Waals surface area contributed by atoms with E-state index in [2.05, 4.69) is 38.2 Å². The lowest BCUT2D eigenvalue weighted by Crippen LogP contribution is -2.13. The lowest BCUT2D eigenvalue weighted by Gasteiger charge is -2.20. The van der Waals surface area contributed by atoms with Gasteiger partial charge >= 0.3 is 0 Å². The fourth-order valence-corrected chi connectivity index (χ4v) is 2.42. The lowest BCUT2D eigenvalue weighted by molar-refractivity contribution is 0.192. The van der Waals surface area contributed by atoms with Crippen LogP contribution in [0.4, 0.5) is 5.69 Å². The van der Waals surface area contributed by atoms with Crippen LogP contribution in [0.2, 0.25) is 5.02 Å². The number of benzene rings is 2. The molecule has 112 valence electrons. The van der Waals surface area contributed by atoms with E-state index in [1.165, 1.54) is 5.56 Å². The summed E-state index contributed by atoms with van der Waals surface area (Å²) in [7, 11) is 0. The Morgan fingerprint density at radius 1 is 1.05 bits per heavy atom. The van der Waals surface area contributed by atoms with Gasteiger partial charge in [-0.3, -0.25) is 0 Å². The molecule has 21 heavy (non-hydrogen) atoms. The monoisotopic (exact) mass is 303 g/mol. The number of halogens is 1. The van der Waals surface area contributed by atoms with Crippen molar-refractivity contribution in [3.05, 3.63) is 64.7 Å². The number of aliphatic hydroxyl groups excluding tert-OH is 1. The standard InChI is InChI=1S/C18H22ClNO/c1-18(2,3)13-8-10-14(11-9-13)20-12-17(21)15-6-4-5-7-16(15)19/h4-11,17,20-21H,12H2,1-3H3. The van der Waals surface area contributed by atoms with Crippen molar-refractivity contribution in [2.45, 2.75) is 32.3 Å². The van der Waals surface area contributed by atoms with E-state index in [0.29, 0.717) is 11.6 Å². The number of hydrogen-bond donors (Lipinski definition) is 2. The zero-order chi connectivity index (χ0) is 15.5. The van der Waals surface area contributed by atoms with Gasteiger partial charge in [0.2, 0.25) is 0 Å². The fourth-order valence-electron chi connectivity index (χ4n) is 2.16. The quantitative estimate of drug-likeness (QED) is 0.851. The van der Waals surface area contributed by atoms with Gasteiger partial charge in [-0.15, -0.1) is 0 Å².